The summed E-state index contributed by atoms with van der Waals surface area (Å²) in [5, 5.41) is 9.50. The molecule has 0 spiro atoms. The molecule has 1 aliphatic rings. The second-order valence-electron chi connectivity index (χ2n) is 3.85. The molecule has 1 aromatic carbocycles. The zero-order valence-corrected chi connectivity index (χ0v) is 7.83. The van der Waals surface area contributed by atoms with Gasteiger partial charge in [-0.3, -0.25) is 0 Å². The Kier molecular flexibility index (Phi) is 2.00. The molecule has 3 N–H and O–H groups in total. The highest BCUT2D eigenvalue weighted by Gasteiger charge is 2.30. The molecule has 0 bridgehead atoms. The molecule has 1 aliphatic carbocycles. The zero-order chi connectivity index (χ0) is 9.42. The molecule has 0 radical (unpaired) electrons. The fourth-order valence-electron chi connectivity index (χ4n) is 1.71. The highest BCUT2D eigenvalue weighted by molar-refractivity contribution is 5.40. The number of phenolic OH excluding ortho intramolecular Hbond substituents is 1. The number of nitrogens with two attached hydrogens (primary N) is 1. The minimum atomic E-state index is 0.118. The van der Waals surface area contributed by atoms with E-state index >= 15 is 0 Å². The molecular weight excluding hydrogens is 162 g/mol. The Balaban J connectivity index is 2.32. The molecule has 2 heteroatoms. The van der Waals surface area contributed by atoms with Crippen LogP contribution in [0.5, 0.6) is 5.75 Å². The van der Waals surface area contributed by atoms with Crippen LogP contribution in [0, 0.1) is 12.8 Å². The van der Waals surface area contributed by atoms with E-state index in [1.165, 1.54) is 12.8 Å². The van der Waals surface area contributed by atoms with E-state index in [0.717, 1.165) is 11.1 Å². The fraction of sp³-hybridized carbons (Fsp3) is 0.455. The van der Waals surface area contributed by atoms with E-state index in [9.17, 15) is 5.11 Å². The second kappa shape index (κ2) is 3.04. The van der Waals surface area contributed by atoms with Crippen LogP contribution in [0.15, 0.2) is 18.2 Å². The van der Waals surface area contributed by atoms with E-state index < -0.39 is 0 Å². The van der Waals surface area contributed by atoms with Gasteiger partial charge in [-0.1, -0.05) is 12.1 Å². The molecule has 0 unspecified atom stereocenters. The lowest BCUT2D eigenvalue weighted by Crippen LogP contribution is -2.13. The summed E-state index contributed by atoms with van der Waals surface area (Å²) in [5.41, 5.74) is 8.09. The van der Waals surface area contributed by atoms with Crippen molar-refractivity contribution in [1.29, 1.82) is 0 Å². The molecule has 2 rings (SSSR count). The average Bonchev–Trinajstić information content (AvgIpc) is 2.91. The number of phenols is 1. The van der Waals surface area contributed by atoms with Crippen molar-refractivity contribution in [2.24, 2.45) is 11.7 Å². The summed E-state index contributed by atoms with van der Waals surface area (Å²) in [6.07, 6.45) is 2.46. The fourth-order valence-corrected chi connectivity index (χ4v) is 1.71. The third kappa shape index (κ3) is 1.54. The van der Waals surface area contributed by atoms with Crippen LogP contribution in [0.2, 0.25) is 0 Å². The van der Waals surface area contributed by atoms with Crippen molar-refractivity contribution >= 4 is 0 Å². The van der Waals surface area contributed by atoms with Crippen LogP contribution in [-0.2, 0) is 0 Å². The van der Waals surface area contributed by atoms with Crippen LogP contribution < -0.4 is 5.73 Å². The molecule has 0 heterocycles. The van der Waals surface area contributed by atoms with E-state index in [1.807, 2.05) is 19.1 Å². The van der Waals surface area contributed by atoms with E-state index in [0.29, 0.717) is 11.7 Å². The second-order valence-corrected chi connectivity index (χ2v) is 3.85. The summed E-state index contributed by atoms with van der Waals surface area (Å²) in [4.78, 5) is 0. The first-order chi connectivity index (χ1) is 6.20. The topological polar surface area (TPSA) is 46.2 Å². The monoisotopic (exact) mass is 177 g/mol. The van der Waals surface area contributed by atoms with Crippen LogP contribution in [0.25, 0.3) is 0 Å². The summed E-state index contributed by atoms with van der Waals surface area (Å²) < 4.78 is 0. The Labute approximate surface area is 78.4 Å². The third-order valence-corrected chi connectivity index (χ3v) is 2.84. The van der Waals surface area contributed by atoms with Gasteiger partial charge in [0.1, 0.15) is 5.75 Å². The largest absolute Gasteiger partial charge is 0.508 e. The Morgan fingerprint density at radius 3 is 2.77 bits per heavy atom. The highest BCUT2D eigenvalue weighted by atomic mass is 16.3. The Hall–Kier alpha value is -1.02. The molecule has 0 aromatic heterocycles. The van der Waals surface area contributed by atoms with Crippen LogP contribution in [0.4, 0.5) is 0 Å². The van der Waals surface area contributed by atoms with Gasteiger partial charge >= 0.3 is 0 Å². The molecule has 1 saturated carbocycles. The van der Waals surface area contributed by atoms with Gasteiger partial charge in [0.15, 0.2) is 0 Å². The standard InChI is InChI=1S/C11H15NO/c1-7-9(3-2-4-10(7)13)11(12)8-5-6-8/h2-4,8,11,13H,5-6,12H2,1H3/t11-/m1/s1. The molecular formula is C11H15NO. The van der Waals surface area contributed by atoms with Gasteiger partial charge in [0, 0.05) is 6.04 Å². The normalized spacial score (nSPS) is 18.6. The van der Waals surface area contributed by atoms with Crippen LogP contribution in [0.1, 0.15) is 30.0 Å². The molecule has 1 atom stereocenters. The Morgan fingerprint density at radius 2 is 2.15 bits per heavy atom. The van der Waals surface area contributed by atoms with Crippen molar-refractivity contribution < 1.29 is 5.11 Å². The van der Waals surface area contributed by atoms with Crippen molar-refractivity contribution in [3.63, 3.8) is 0 Å². The van der Waals surface area contributed by atoms with Gasteiger partial charge in [0.05, 0.1) is 0 Å². The van der Waals surface area contributed by atoms with E-state index in [4.69, 9.17) is 5.73 Å². The van der Waals surface area contributed by atoms with E-state index in [-0.39, 0.29) is 6.04 Å². The summed E-state index contributed by atoms with van der Waals surface area (Å²) in [7, 11) is 0. The predicted octanol–water partition coefficient (Wildman–Crippen LogP) is 2.11. The summed E-state index contributed by atoms with van der Waals surface area (Å²) in [6, 6.07) is 5.70. The molecule has 1 aromatic rings. The minimum Gasteiger partial charge on any atom is -0.508 e. The molecule has 1 fully saturated rings. The predicted molar refractivity (Wildman–Crippen MR) is 52.5 cm³/mol. The maximum Gasteiger partial charge on any atom is 0.118 e. The lowest BCUT2D eigenvalue weighted by molar-refractivity contribution is 0.468. The molecule has 0 aliphatic heterocycles. The molecule has 70 valence electrons. The van der Waals surface area contributed by atoms with Crippen LogP contribution in [0.3, 0.4) is 0 Å². The first-order valence-electron chi connectivity index (χ1n) is 4.74. The third-order valence-electron chi connectivity index (χ3n) is 2.84. The number of aromatic hydroxyl groups is 1. The van der Waals surface area contributed by atoms with Crippen molar-refractivity contribution in [3.05, 3.63) is 29.3 Å². The first kappa shape index (κ1) is 8.57. The Bertz CT molecular complexity index is 318. The average molecular weight is 177 g/mol. The SMILES string of the molecule is Cc1c(O)cccc1[C@H](N)C1CC1. The lowest BCUT2D eigenvalue weighted by Gasteiger charge is -2.14. The van der Waals surface area contributed by atoms with Crippen LogP contribution >= 0.6 is 0 Å². The first-order valence-corrected chi connectivity index (χ1v) is 4.74. The van der Waals surface area contributed by atoms with Gasteiger partial charge in [-0.15, -0.1) is 0 Å². The van der Waals surface area contributed by atoms with Crippen molar-refractivity contribution in [3.8, 4) is 5.75 Å². The van der Waals surface area contributed by atoms with Gasteiger partial charge < -0.3 is 10.8 Å². The summed E-state index contributed by atoms with van der Waals surface area (Å²) >= 11 is 0. The van der Waals surface area contributed by atoms with Gasteiger partial charge in [0.25, 0.3) is 0 Å². The maximum atomic E-state index is 9.50. The van der Waals surface area contributed by atoms with E-state index in [1.54, 1.807) is 6.07 Å². The smallest absolute Gasteiger partial charge is 0.118 e. The summed E-state index contributed by atoms with van der Waals surface area (Å²) in [6.45, 7) is 1.92. The van der Waals surface area contributed by atoms with Crippen molar-refractivity contribution in [2.45, 2.75) is 25.8 Å². The van der Waals surface area contributed by atoms with Gasteiger partial charge in [-0.05, 0) is 42.9 Å². The molecule has 0 amide bonds. The lowest BCUT2D eigenvalue weighted by atomic mass is 9.98. The van der Waals surface area contributed by atoms with Crippen molar-refractivity contribution in [1.82, 2.24) is 0 Å². The number of benzene rings is 1. The quantitative estimate of drug-likeness (QED) is 0.726. The van der Waals surface area contributed by atoms with Crippen LogP contribution in [-0.4, -0.2) is 5.11 Å². The van der Waals surface area contributed by atoms with Gasteiger partial charge in [0.2, 0.25) is 0 Å². The number of hydrogen-bond donors (Lipinski definition) is 2. The summed E-state index contributed by atoms with van der Waals surface area (Å²) in [5.74, 6) is 0.995. The molecule has 0 saturated heterocycles. The minimum absolute atomic E-state index is 0.118. The van der Waals surface area contributed by atoms with Crippen molar-refractivity contribution in [2.75, 3.05) is 0 Å². The highest BCUT2D eigenvalue weighted by Crippen LogP contribution is 2.41. The molecule has 2 nitrogen and oxygen atoms in total. The number of hydrogen-bond acceptors (Lipinski definition) is 2. The Morgan fingerprint density at radius 1 is 1.46 bits per heavy atom. The van der Waals surface area contributed by atoms with Gasteiger partial charge in [-0.25, -0.2) is 0 Å². The van der Waals surface area contributed by atoms with Gasteiger partial charge in [-0.2, -0.15) is 0 Å². The maximum absolute atomic E-state index is 9.50. The number of rotatable bonds is 2. The van der Waals surface area contributed by atoms with E-state index in [2.05, 4.69) is 0 Å². The molecule has 13 heavy (non-hydrogen) atoms. The zero-order valence-electron chi connectivity index (χ0n) is 7.83.